The predicted molar refractivity (Wildman–Crippen MR) is 89.9 cm³/mol. The van der Waals surface area contributed by atoms with Gasteiger partial charge in [-0.15, -0.1) is 0 Å². The Labute approximate surface area is 136 Å². The van der Waals surface area contributed by atoms with E-state index in [1.807, 2.05) is 6.07 Å². The van der Waals surface area contributed by atoms with Crippen LogP contribution in [0.15, 0.2) is 22.7 Å². The molecule has 1 N–H and O–H groups in total. The Bertz CT molecular complexity index is 433. The zero-order valence-electron chi connectivity index (χ0n) is 12.9. The van der Waals surface area contributed by atoms with Crippen molar-refractivity contribution in [3.05, 3.63) is 34.1 Å². The van der Waals surface area contributed by atoms with Crippen LogP contribution < -0.4 is 5.32 Å². The van der Waals surface area contributed by atoms with E-state index in [0.717, 1.165) is 42.1 Å². The number of nitrogens with zero attached hydrogens (tertiary/aromatic N) is 1. The number of benzene rings is 1. The second-order valence-electron chi connectivity index (χ2n) is 6.04. The average Bonchev–Trinajstić information content (AvgIpc) is 2.49. The Morgan fingerprint density at radius 2 is 2.05 bits per heavy atom. The van der Waals surface area contributed by atoms with E-state index in [1.54, 1.807) is 0 Å². The fourth-order valence-electron chi connectivity index (χ4n) is 3.05. The highest BCUT2D eigenvalue weighted by molar-refractivity contribution is 9.10. The first-order valence-electron chi connectivity index (χ1n) is 8.01. The van der Waals surface area contributed by atoms with Gasteiger partial charge in [0.15, 0.2) is 0 Å². The smallest absolute Gasteiger partial charge is 0.124 e. The third-order valence-corrected chi connectivity index (χ3v) is 5.13. The normalized spacial score (nSPS) is 16.6. The first-order valence-corrected chi connectivity index (χ1v) is 8.81. The first-order chi connectivity index (χ1) is 10.2. The summed E-state index contributed by atoms with van der Waals surface area (Å²) in [5.41, 5.74) is 1.11. The lowest BCUT2D eigenvalue weighted by Gasteiger charge is -2.31. The van der Waals surface area contributed by atoms with Crippen molar-refractivity contribution in [1.82, 2.24) is 10.2 Å². The number of rotatable bonds is 7. The fourth-order valence-corrected chi connectivity index (χ4v) is 3.54. The maximum absolute atomic E-state index is 13.0. The minimum absolute atomic E-state index is 0.195. The van der Waals surface area contributed by atoms with Gasteiger partial charge < -0.3 is 10.2 Å². The van der Waals surface area contributed by atoms with Crippen molar-refractivity contribution >= 4 is 15.9 Å². The highest BCUT2D eigenvalue weighted by Gasteiger charge is 2.17. The Morgan fingerprint density at radius 1 is 1.29 bits per heavy atom. The monoisotopic (exact) mass is 356 g/mol. The van der Waals surface area contributed by atoms with E-state index < -0.39 is 0 Å². The molecule has 1 fully saturated rings. The van der Waals surface area contributed by atoms with Crippen LogP contribution >= 0.6 is 15.9 Å². The number of hydrogen-bond donors (Lipinski definition) is 1. The Morgan fingerprint density at radius 3 is 2.76 bits per heavy atom. The summed E-state index contributed by atoms with van der Waals surface area (Å²) in [6, 6.07) is 5.66. The van der Waals surface area contributed by atoms with Crippen molar-refractivity contribution < 1.29 is 4.39 Å². The lowest BCUT2D eigenvalue weighted by molar-refractivity contribution is 0.189. The third kappa shape index (κ3) is 5.68. The van der Waals surface area contributed by atoms with Gasteiger partial charge in [-0.2, -0.15) is 0 Å². The zero-order chi connectivity index (χ0) is 15.1. The maximum Gasteiger partial charge on any atom is 0.124 e. The van der Waals surface area contributed by atoms with E-state index in [1.165, 1.54) is 44.2 Å². The molecule has 0 saturated heterocycles. The van der Waals surface area contributed by atoms with Gasteiger partial charge in [0, 0.05) is 17.1 Å². The number of hydrogen-bond acceptors (Lipinski definition) is 2. The molecule has 21 heavy (non-hydrogen) atoms. The van der Waals surface area contributed by atoms with E-state index in [9.17, 15) is 4.39 Å². The van der Waals surface area contributed by atoms with Gasteiger partial charge in [-0.3, -0.25) is 0 Å². The molecule has 0 heterocycles. The predicted octanol–water partition coefficient (Wildman–Crippen LogP) is 4.33. The molecule has 1 aliphatic carbocycles. The second-order valence-corrected chi connectivity index (χ2v) is 6.89. The van der Waals surface area contributed by atoms with E-state index >= 15 is 0 Å². The SMILES string of the molecule is CN(CCCNCc1ccc(F)cc1Br)C1CCCCC1. The lowest BCUT2D eigenvalue weighted by Crippen LogP contribution is -2.35. The van der Waals surface area contributed by atoms with Gasteiger partial charge in [0.25, 0.3) is 0 Å². The molecule has 1 aliphatic rings. The standard InChI is InChI=1S/C17H26BrFN2/c1-21(16-6-3-2-4-7-16)11-5-10-20-13-14-8-9-15(19)12-17(14)18/h8-9,12,16,20H,2-7,10-11,13H2,1H3. The summed E-state index contributed by atoms with van der Waals surface area (Å²) >= 11 is 3.40. The molecule has 0 atom stereocenters. The zero-order valence-corrected chi connectivity index (χ0v) is 14.5. The molecule has 2 rings (SSSR count). The van der Waals surface area contributed by atoms with Gasteiger partial charge >= 0.3 is 0 Å². The van der Waals surface area contributed by atoms with Crippen LogP contribution in [-0.4, -0.2) is 31.1 Å². The van der Waals surface area contributed by atoms with Crippen LogP contribution in [0.25, 0.3) is 0 Å². The Kier molecular flexibility index (Phi) is 7.14. The van der Waals surface area contributed by atoms with Crippen molar-refractivity contribution in [2.75, 3.05) is 20.1 Å². The molecule has 0 spiro atoms. The summed E-state index contributed by atoms with van der Waals surface area (Å²) in [5, 5.41) is 3.44. The van der Waals surface area contributed by atoms with Crippen LogP contribution in [0, 0.1) is 5.82 Å². The highest BCUT2D eigenvalue weighted by atomic mass is 79.9. The minimum Gasteiger partial charge on any atom is -0.313 e. The molecule has 1 aromatic rings. The van der Waals surface area contributed by atoms with Crippen molar-refractivity contribution in [3.8, 4) is 0 Å². The molecule has 0 amide bonds. The van der Waals surface area contributed by atoms with E-state index in [2.05, 4.69) is 33.2 Å². The summed E-state index contributed by atoms with van der Waals surface area (Å²) < 4.78 is 13.8. The third-order valence-electron chi connectivity index (χ3n) is 4.39. The van der Waals surface area contributed by atoms with Crippen LogP contribution in [0.2, 0.25) is 0 Å². The lowest BCUT2D eigenvalue weighted by atomic mass is 9.94. The molecular formula is C17H26BrFN2. The second kappa shape index (κ2) is 8.86. The first kappa shape index (κ1) is 16.9. The molecule has 0 unspecified atom stereocenters. The molecule has 1 saturated carbocycles. The molecule has 1 aromatic carbocycles. The summed E-state index contributed by atoms with van der Waals surface area (Å²) in [5.74, 6) is -0.195. The van der Waals surface area contributed by atoms with E-state index in [0.29, 0.717) is 0 Å². The van der Waals surface area contributed by atoms with Crippen molar-refractivity contribution in [1.29, 1.82) is 0 Å². The van der Waals surface area contributed by atoms with Crippen molar-refractivity contribution in [3.63, 3.8) is 0 Å². The summed E-state index contributed by atoms with van der Waals surface area (Å²) in [4.78, 5) is 2.52. The Hall–Kier alpha value is -0.450. The van der Waals surface area contributed by atoms with Crippen LogP contribution in [0.5, 0.6) is 0 Å². The molecule has 0 radical (unpaired) electrons. The van der Waals surface area contributed by atoms with Gasteiger partial charge in [-0.1, -0.05) is 41.3 Å². The van der Waals surface area contributed by atoms with E-state index in [-0.39, 0.29) is 5.82 Å². The average molecular weight is 357 g/mol. The van der Waals surface area contributed by atoms with Crippen LogP contribution in [0.1, 0.15) is 44.1 Å². The fraction of sp³-hybridized carbons (Fsp3) is 0.647. The molecule has 0 bridgehead atoms. The molecular weight excluding hydrogens is 331 g/mol. The van der Waals surface area contributed by atoms with Gasteiger partial charge in [-0.25, -0.2) is 4.39 Å². The highest BCUT2D eigenvalue weighted by Crippen LogP contribution is 2.21. The quantitative estimate of drug-likeness (QED) is 0.731. The summed E-state index contributed by atoms with van der Waals surface area (Å²) in [6.45, 7) is 2.94. The van der Waals surface area contributed by atoms with E-state index in [4.69, 9.17) is 0 Å². The van der Waals surface area contributed by atoms with Gasteiger partial charge in [0.2, 0.25) is 0 Å². The maximum atomic E-state index is 13.0. The van der Waals surface area contributed by atoms with Gasteiger partial charge in [0.1, 0.15) is 5.82 Å². The van der Waals surface area contributed by atoms with Gasteiger partial charge in [-0.05, 0) is 57.1 Å². The van der Waals surface area contributed by atoms with Crippen molar-refractivity contribution in [2.24, 2.45) is 0 Å². The Balaban J connectivity index is 1.61. The minimum atomic E-state index is -0.195. The summed E-state index contributed by atoms with van der Waals surface area (Å²) in [7, 11) is 2.26. The number of nitrogens with one attached hydrogen (secondary N) is 1. The molecule has 118 valence electrons. The molecule has 2 nitrogen and oxygen atoms in total. The molecule has 0 aromatic heterocycles. The van der Waals surface area contributed by atoms with Crippen LogP contribution in [0.4, 0.5) is 4.39 Å². The molecule has 0 aliphatic heterocycles. The largest absolute Gasteiger partial charge is 0.313 e. The van der Waals surface area contributed by atoms with Gasteiger partial charge in [0.05, 0.1) is 0 Å². The van der Waals surface area contributed by atoms with Crippen LogP contribution in [-0.2, 0) is 6.54 Å². The number of halogens is 2. The molecule has 4 heteroatoms. The summed E-state index contributed by atoms with van der Waals surface area (Å²) in [6.07, 6.45) is 8.10. The van der Waals surface area contributed by atoms with Crippen molar-refractivity contribution in [2.45, 2.75) is 51.1 Å². The topological polar surface area (TPSA) is 15.3 Å². The van der Waals surface area contributed by atoms with Crippen LogP contribution in [0.3, 0.4) is 0 Å².